The van der Waals surface area contributed by atoms with Gasteiger partial charge in [0.25, 0.3) is 5.91 Å². The van der Waals surface area contributed by atoms with Crippen LogP contribution < -0.4 is 10.6 Å². The minimum absolute atomic E-state index is 0.0218. The molecule has 3 N–H and O–H groups in total. The molecule has 1 atom stereocenters. The number of likely N-dealkylation sites (tertiary alicyclic amines) is 1. The summed E-state index contributed by atoms with van der Waals surface area (Å²) in [6, 6.07) is 18.9. The average molecular weight is 516 g/mol. The summed E-state index contributed by atoms with van der Waals surface area (Å²) in [6.45, 7) is 1.34. The van der Waals surface area contributed by atoms with Crippen molar-refractivity contribution in [3.05, 3.63) is 83.2 Å². The van der Waals surface area contributed by atoms with Crippen molar-refractivity contribution in [3.8, 4) is 17.3 Å². The number of aliphatic hydroxyl groups excluding tert-OH is 1. The van der Waals surface area contributed by atoms with Crippen molar-refractivity contribution in [2.24, 2.45) is 0 Å². The lowest BCUT2D eigenvalue weighted by atomic mass is 10.0. The molecule has 1 fully saturated rings. The average Bonchev–Trinajstić information content (AvgIpc) is 2.91. The van der Waals surface area contributed by atoms with Crippen LogP contribution in [0.2, 0.25) is 0 Å². The van der Waals surface area contributed by atoms with E-state index in [0.29, 0.717) is 60.7 Å². The fourth-order valence-electron chi connectivity index (χ4n) is 4.41. The van der Waals surface area contributed by atoms with E-state index < -0.39 is 0 Å². The molecule has 38 heavy (non-hydrogen) atoms. The lowest BCUT2D eigenvalue weighted by molar-refractivity contribution is -0.138. The summed E-state index contributed by atoms with van der Waals surface area (Å²) < 4.78 is 13.6. The topological polar surface area (TPSA) is 118 Å². The highest BCUT2D eigenvalue weighted by atomic mass is 19.1. The number of anilines is 1. The van der Waals surface area contributed by atoms with Crippen molar-refractivity contribution in [2.75, 3.05) is 31.6 Å². The van der Waals surface area contributed by atoms with Gasteiger partial charge >= 0.3 is 0 Å². The first-order valence-corrected chi connectivity index (χ1v) is 12.7. The summed E-state index contributed by atoms with van der Waals surface area (Å²) in [6.07, 6.45) is 2.03. The number of hydrogen-bond acceptors (Lipinski definition) is 6. The van der Waals surface area contributed by atoms with Crippen LogP contribution >= 0.6 is 0 Å². The van der Waals surface area contributed by atoms with Crippen LogP contribution in [0.4, 0.5) is 10.2 Å². The maximum Gasteiger partial charge on any atom is 0.255 e. The third-order valence-electron chi connectivity index (χ3n) is 6.57. The molecule has 0 saturated carbocycles. The molecule has 0 bridgehead atoms. The number of pyridine rings is 1. The van der Waals surface area contributed by atoms with E-state index in [4.69, 9.17) is 5.11 Å². The van der Waals surface area contributed by atoms with Gasteiger partial charge in [-0.15, -0.1) is 0 Å². The third kappa shape index (κ3) is 6.52. The molecule has 2 aromatic carbocycles. The van der Waals surface area contributed by atoms with Gasteiger partial charge in [-0.2, -0.15) is 5.26 Å². The first-order valence-electron chi connectivity index (χ1n) is 12.7. The number of aliphatic hydroxyl groups is 1. The molecule has 9 heteroatoms. The van der Waals surface area contributed by atoms with Crippen LogP contribution in [0.5, 0.6) is 0 Å². The van der Waals surface area contributed by atoms with Gasteiger partial charge in [-0.25, -0.2) is 9.37 Å². The molecule has 196 valence electrons. The molecule has 0 aliphatic carbocycles. The van der Waals surface area contributed by atoms with Crippen LogP contribution in [0.3, 0.4) is 0 Å². The standard InChI is InChI=1S/C29H30FN5O3/c30-22-7-3-5-20(17-22)12-14-32-28-25(10-11-26(34-28)24-8-2-1-6-21(24)18-31)29(38)33-19-23-13-15-35(23)27(37)9-4-16-36/h1-3,5-8,10-11,17,23,36H,4,9,12-16,19H2,(H,32,34)(H,33,38)/t23-/m1/s1. The van der Waals surface area contributed by atoms with Crippen molar-refractivity contribution >= 4 is 17.6 Å². The van der Waals surface area contributed by atoms with E-state index >= 15 is 0 Å². The highest BCUT2D eigenvalue weighted by molar-refractivity contribution is 5.99. The number of nitrogens with one attached hydrogen (secondary N) is 2. The molecule has 1 aliphatic rings. The Hall–Kier alpha value is -4.29. The molecular formula is C29H30FN5O3. The van der Waals surface area contributed by atoms with Gasteiger partial charge in [0.1, 0.15) is 11.6 Å². The fraction of sp³-hybridized carbons (Fsp3) is 0.310. The normalized spacial score (nSPS) is 14.3. The largest absolute Gasteiger partial charge is 0.396 e. The van der Waals surface area contributed by atoms with Gasteiger partial charge in [0.05, 0.1) is 28.9 Å². The zero-order valence-electron chi connectivity index (χ0n) is 21.0. The van der Waals surface area contributed by atoms with Gasteiger partial charge < -0.3 is 20.6 Å². The van der Waals surface area contributed by atoms with Gasteiger partial charge in [0.2, 0.25) is 5.91 Å². The van der Waals surface area contributed by atoms with Crippen LogP contribution in [0, 0.1) is 17.1 Å². The smallest absolute Gasteiger partial charge is 0.255 e. The van der Waals surface area contributed by atoms with Gasteiger partial charge in [-0.3, -0.25) is 9.59 Å². The maximum atomic E-state index is 13.6. The summed E-state index contributed by atoms with van der Waals surface area (Å²) in [4.78, 5) is 31.9. The van der Waals surface area contributed by atoms with Gasteiger partial charge in [0.15, 0.2) is 0 Å². The van der Waals surface area contributed by atoms with Crippen LogP contribution in [0.15, 0.2) is 60.7 Å². The van der Waals surface area contributed by atoms with E-state index in [1.807, 2.05) is 12.1 Å². The number of nitriles is 1. The summed E-state index contributed by atoms with van der Waals surface area (Å²) in [7, 11) is 0. The third-order valence-corrected chi connectivity index (χ3v) is 6.57. The monoisotopic (exact) mass is 515 g/mol. The van der Waals surface area contributed by atoms with Gasteiger partial charge in [-0.1, -0.05) is 30.3 Å². The van der Waals surface area contributed by atoms with Crippen molar-refractivity contribution in [2.45, 2.75) is 31.7 Å². The second kappa shape index (κ2) is 12.8. The molecule has 2 amide bonds. The first-order chi connectivity index (χ1) is 18.5. The zero-order chi connectivity index (χ0) is 26.9. The summed E-state index contributed by atoms with van der Waals surface area (Å²) in [5.41, 5.74) is 2.82. The predicted molar refractivity (Wildman–Crippen MR) is 142 cm³/mol. The number of carbonyl (C=O) groups is 2. The molecule has 8 nitrogen and oxygen atoms in total. The molecule has 3 aromatic rings. The maximum absolute atomic E-state index is 13.6. The van der Waals surface area contributed by atoms with E-state index in [0.717, 1.165) is 12.0 Å². The molecule has 1 saturated heterocycles. The van der Waals surface area contributed by atoms with E-state index in [-0.39, 0.29) is 36.7 Å². The predicted octanol–water partition coefficient (Wildman–Crippen LogP) is 3.52. The number of aromatic nitrogens is 1. The summed E-state index contributed by atoms with van der Waals surface area (Å²) in [5, 5.41) is 24.6. The highest BCUT2D eigenvalue weighted by Gasteiger charge is 2.32. The number of halogens is 1. The minimum Gasteiger partial charge on any atom is -0.396 e. The van der Waals surface area contributed by atoms with Crippen molar-refractivity contribution in [1.29, 1.82) is 5.26 Å². The lowest BCUT2D eigenvalue weighted by Gasteiger charge is -2.41. The van der Waals surface area contributed by atoms with E-state index in [1.165, 1.54) is 12.1 Å². The minimum atomic E-state index is -0.333. The van der Waals surface area contributed by atoms with E-state index in [1.54, 1.807) is 41.3 Å². The van der Waals surface area contributed by atoms with Gasteiger partial charge in [0, 0.05) is 38.2 Å². The van der Waals surface area contributed by atoms with Gasteiger partial charge in [-0.05, 0) is 55.2 Å². The number of rotatable bonds is 11. The van der Waals surface area contributed by atoms with E-state index in [9.17, 15) is 19.2 Å². The second-order valence-corrected chi connectivity index (χ2v) is 9.12. The quantitative estimate of drug-likeness (QED) is 0.360. The number of nitrogens with zero attached hydrogens (tertiary/aromatic N) is 3. The lowest BCUT2D eigenvalue weighted by Crippen LogP contribution is -2.55. The Morgan fingerprint density at radius 1 is 1.16 bits per heavy atom. The first kappa shape index (κ1) is 26.8. The molecule has 4 rings (SSSR count). The Labute approximate surface area is 221 Å². The van der Waals surface area contributed by atoms with Crippen molar-refractivity contribution < 1.29 is 19.1 Å². The Bertz CT molecular complexity index is 1340. The Balaban J connectivity index is 1.50. The van der Waals surface area contributed by atoms with Crippen LogP contribution in [-0.4, -0.2) is 59.1 Å². The molecule has 0 radical (unpaired) electrons. The molecule has 1 aliphatic heterocycles. The molecule has 2 heterocycles. The van der Waals surface area contributed by atoms with Crippen LogP contribution in [-0.2, 0) is 11.2 Å². The number of carbonyl (C=O) groups excluding carboxylic acids is 2. The molecule has 0 unspecified atom stereocenters. The number of benzene rings is 2. The van der Waals surface area contributed by atoms with E-state index in [2.05, 4.69) is 21.7 Å². The molecule has 1 aromatic heterocycles. The Kier molecular flexibility index (Phi) is 9.01. The van der Waals surface area contributed by atoms with Crippen LogP contribution in [0.25, 0.3) is 11.3 Å². The Morgan fingerprint density at radius 3 is 2.74 bits per heavy atom. The molecule has 0 spiro atoms. The van der Waals surface area contributed by atoms with Crippen LogP contribution in [0.1, 0.15) is 40.7 Å². The number of amides is 2. The van der Waals surface area contributed by atoms with Crippen molar-refractivity contribution in [3.63, 3.8) is 0 Å². The SMILES string of the molecule is N#Cc1ccccc1-c1ccc(C(=O)NC[C@H]2CCN2C(=O)CCCO)c(NCCc2cccc(F)c2)n1. The summed E-state index contributed by atoms with van der Waals surface area (Å²) >= 11 is 0. The second-order valence-electron chi connectivity index (χ2n) is 9.12. The number of hydrogen-bond donors (Lipinski definition) is 3. The molecular weight excluding hydrogens is 485 g/mol. The summed E-state index contributed by atoms with van der Waals surface area (Å²) in [5.74, 6) is -0.309. The van der Waals surface area contributed by atoms with Crippen molar-refractivity contribution in [1.82, 2.24) is 15.2 Å². The zero-order valence-corrected chi connectivity index (χ0v) is 21.0. The Morgan fingerprint density at radius 2 is 2.00 bits per heavy atom. The fourth-order valence-corrected chi connectivity index (χ4v) is 4.41. The highest BCUT2D eigenvalue weighted by Crippen LogP contribution is 2.25.